The summed E-state index contributed by atoms with van der Waals surface area (Å²) in [7, 11) is 0. The summed E-state index contributed by atoms with van der Waals surface area (Å²) in [5.41, 5.74) is 2.28. The Bertz CT molecular complexity index is 777. The number of carbonyl (C=O) groups is 1. The topological polar surface area (TPSA) is 38.8 Å². The van der Waals surface area contributed by atoms with Crippen molar-refractivity contribution in [2.24, 2.45) is 11.8 Å². The summed E-state index contributed by atoms with van der Waals surface area (Å²) >= 11 is 0. The largest absolute Gasteiger partial charge is 0.353 e. The van der Waals surface area contributed by atoms with E-state index < -0.39 is 0 Å². The fourth-order valence-corrected chi connectivity index (χ4v) is 4.53. The monoisotopic (exact) mass is 365 g/mol. The second kappa shape index (κ2) is 7.45. The maximum absolute atomic E-state index is 13.6. The highest BCUT2D eigenvalue weighted by Crippen LogP contribution is 2.60. The molecule has 0 aromatic heterocycles. The van der Waals surface area contributed by atoms with Crippen LogP contribution < -0.4 is 0 Å². The third-order valence-corrected chi connectivity index (χ3v) is 6.16. The lowest BCUT2D eigenvalue weighted by Crippen LogP contribution is -2.40. The van der Waals surface area contributed by atoms with Crippen LogP contribution in [0, 0.1) is 11.8 Å². The molecule has 2 aromatic rings. The third kappa shape index (κ3) is 3.28. The minimum absolute atomic E-state index is 0.00666. The molecule has 1 amide bonds. The molecule has 3 atom stereocenters. The van der Waals surface area contributed by atoms with E-state index in [1.54, 1.807) is 0 Å². The summed E-state index contributed by atoms with van der Waals surface area (Å²) < 4.78 is 11.2. The molecule has 2 fully saturated rings. The Morgan fingerprint density at radius 2 is 1.70 bits per heavy atom. The normalized spacial score (nSPS) is 28.0. The predicted octanol–water partition coefficient (Wildman–Crippen LogP) is 4.13. The lowest BCUT2D eigenvalue weighted by atomic mass is 9.82. The number of ether oxygens (including phenoxy) is 2. The molecule has 1 heterocycles. The smallest absolute Gasteiger partial charge is 0.229 e. The van der Waals surface area contributed by atoms with Crippen LogP contribution in [-0.4, -0.2) is 30.9 Å². The van der Waals surface area contributed by atoms with Gasteiger partial charge in [-0.25, -0.2) is 0 Å². The van der Waals surface area contributed by atoms with E-state index in [1.807, 2.05) is 29.2 Å². The minimum Gasteiger partial charge on any atom is -0.353 e. The van der Waals surface area contributed by atoms with Gasteiger partial charge in [-0.05, 0) is 23.5 Å². The maximum Gasteiger partial charge on any atom is 0.229 e. The first kappa shape index (κ1) is 18.2. The van der Waals surface area contributed by atoms with Gasteiger partial charge >= 0.3 is 0 Å². The molecule has 4 rings (SSSR count). The first-order valence-electron chi connectivity index (χ1n) is 9.71. The number of carbonyl (C=O) groups excluding carboxylic acids is 1. The van der Waals surface area contributed by atoms with E-state index in [2.05, 4.69) is 50.2 Å². The summed E-state index contributed by atoms with van der Waals surface area (Å²) in [5.74, 6) is 0.563. The molecule has 2 aliphatic rings. The zero-order valence-corrected chi connectivity index (χ0v) is 16.0. The second-order valence-corrected chi connectivity index (χ2v) is 7.87. The summed E-state index contributed by atoms with van der Waals surface area (Å²) in [6.07, 6.45) is 0.895. The van der Waals surface area contributed by atoms with Gasteiger partial charge in [0.25, 0.3) is 0 Å². The molecular weight excluding hydrogens is 338 g/mol. The van der Waals surface area contributed by atoms with Crippen LogP contribution in [-0.2, 0) is 19.7 Å². The number of hydrogen-bond donors (Lipinski definition) is 0. The van der Waals surface area contributed by atoms with Gasteiger partial charge in [0.1, 0.15) is 13.5 Å². The number of nitrogens with zero attached hydrogens (tertiary/aromatic N) is 1. The highest BCUT2D eigenvalue weighted by molar-refractivity contribution is 5.85. The predicted molar refractivity (Wildman–Crippen MR) is 104 cm³/mol. The fourth-order valence-electron chi connectivity index (χ4n) is 4.53. The Labute approximate surface area is 161 Å². The molecule has 142 valence electrons. The van der Waals surface area contributed by atoms with Crippen molar-refractivity contribution < 1.29 is 14.3 Å². The highest BCUT2D eigenvalue weighted by Gasteiger charge is 2.62. The fraction of sp³-hybridized carbons (Fsp3) is 0.435. The Morgan fingerprint density at radius 1 is 1.04 bits per heavy atom. The summed E-state index contributed by atoms with van der Waals surface area (Å²) in [6.45, 7) is 5.40. The van der Waals surface area contributed by atoms with E-state index in [0.717, 1.165) is 12.0 Å². The number of hydrogen-bond acceptors (Lipinski definition) is 3. The first-order valence-corrected chi connectivity index (χ1v) is 9.71. The van der Waals surface area contributed by atoms with E-state index in [0.29, 0.717) is 12.5 Å². The number of benzene rings is 2. The molecule has 2 aromatic carbocycles. The van der Waals surface area contributed by atoms with Crippen LogP contribution in [0.4, 0.5) is 0 Å². The molecule has 1 aliphatic heterocycles. The van der Waals surface area contributed by atoms with Crippen molar-refractivity contribution in [2.75, 3.05) is 20.1 Å². The molecule has 4 nitrogen and oxygen atoms in total. The standard InChI is InChI=1S/C23H27NO3/c1-17(2)23(19-11-7-4-8-12-19)13-20(23)22(25)24-15-27-16-26-14-21(24)18-9-5-3-6-10-18/h3-12,17,20-21H,13-16H2,1-2H3/t20-,21-,23-/m0/s1. The van der Waals surface area contributed by atoms with Crippen LogP contribution in [0.15, 0.2) is 60.7 Å². The lowest BCUT2D eigenvalue weighted by molar-refractivity contribution is -0.141. The number of amides is 1. The van der Waals surface area contributed by atoms with Gasteiger partial charge in [0.15, 0.2) is 0 Å². The molecule has 0 spiro atoms. The average molecular weight is 365 g/mol. The zero-order valence-electron chi connectivity index (χ0n) is 16.0. The maximum atomic E-state index is 13.6. The molecule has 27 heavy (non-hydrogen) atoms. The Morgan fingerprint density at radius 3 is 2.37 bits per heavy atom. The van der Waals surface area contributed by atoms with Gasteiger partial charge in [0, 0.05) is 11.3 Å². The first-order chi connectivity index (χ1) is 13.1. The van der Waals surface area contributed by atoms with Crippen molar-refractivity contribution in [3.05, 3.63) is 71.8 Å². The van der Waals surface area contributed by atoms with Gasteiger partial charge < -0.3 is 14.4 Å². The van der Waals surface area contributed by atoms with Crippen LogP contribution in [0.25, 0.3) is 0 Å². The second-order valence-electron chi connectivity index (χ2n) is 7.87. The van der Waals surface area contributed by atoms with Crippen molar-refractivity contribution in [1.29, 1.82) is 0 Å². The van der Waals surface area contributed by atoms with E-state index in [1.165, 1.54) is 5.56 Å². The molecule has 0 radical (unpaired) electrons. The molecule has 0 unspecified atom stereocenters. The molecule has 1 saturated heterocycles. The van der Waals surface area contributed by atoms with Crippen LogP contribution in [0.2, 0.25) is 0 Å². The van der Waals surface area contributed by atoms with E-state index in [4.69, 9.17) is 9.47 Å². The molecule has 4 heteroatoms. The van der Waals surface area contributed by atoms with Gasteiger partial charge in [-0.2, -0.15) is 0 Å². The Kier molecular flexibility index (Phi) is 5.02. The highest BCUT2D eigenvalue weighted by atomic mass is 16.7. The van der Waals surface area contributed by atoms with Gasteiger partial charge in [-0.1, -0.05) is 74.5 Å². The van der Waals surface area contributed by atoms with E-state index >= 15 is 0 Å². The summed E-state index contributed by atoms with van der Waals surface area (Å²) in [6, 6.07) is 20.5. The van der Waals surface area contributed by atoms with Crippen molar-refractivity contribution in [2.45, 2.75) is 31.7 Å². The Balaban J connectivity index is 1.62. The van der Waals surface area contributed by atoms with Crippen molar-refractivity contribution >= 4 is 5.91 Å². The van der Waals surface area contributed by atoms with Crippen molar-refractivity contribution in [3.8, 4) is 0 Å². The average Bonchev–Trinajstić information content (AvgIpc) is 3.50. The molecule has 1 aliphatic carbocycles. The number of rotatable bonds is 4. The van der Waals surface area contributed by atoms with Crippen LogP contribution in [0.5, 0.6) is 0 Å². The van der Waals surface area contributed by atoms with Gasteiger partial charge in [0.05, 0.1) is 12.6 Å². The molecule has 0 N–H and O–H groups in total. The molecular formula is C23H27NO3. The van der Waals surface area contributed by atoms with Crippen molar-refractivity contribution in [1.82, 2.24) is 4.90 Å². The third-order valence-electron chi connectivity index (χ3n) is 6.16. The Hall–Kier alpha value is -2.17. The van der Waals surface area contributed by atoms with Gasteiger partial charge in [-0.3, -0.25) is 4.79 Å². The SMILES string of the molecule is CC(C)[C@]1(c2ccccc2)C[C@H]1C(=O)N1COCOC[C@H]1c1ccccc1. The summed E-state index contributed by atoms with van der Waals surface area (Å²) in [4.78, 5) is 15.5. The van der Waals surface area contributed by atoms with Crippen LogP contribution in [0.3, 0.4) is 0 Å². The summed E-state index contributed by atoms with van der Waals surface area (Å²) in [5, 5.41) is 0. The van der Waals surface area contributed by atoms with Gasteiger partial charge in [0.2, 0.25) is 5.91 Å². The van der Waals surface area contributed by atoms with Crippen LogP contribution >= 0.6 is 0 Å². The molecule has 1 saturated carbocycles. The van der Waals surface area contributed by atoms with Crippen molar-refractivity contribution in [3.63, 3.8) is 0 Å². The zero-order chi connectivity index (χ0) is 18.9. The lowest BCUT2D eigenvalue weighted by Gasteiger charge is -2.31. The van der Waals surface area contributed by atoms with Crippen LogP contribution in [0.1, 0.15) is 37.4 Å². The quantitative estimate of drug-likeness (QED) is 0.818. The molecule has 0 bridgehead atoms. The van der Waals surface area contributed by atoms with Gasteiger partial charge in [-0.15, -0.1) is 0 Å². The minimum atomic E-state index is -0.109. The van der Waals surface area contributed by atoms with E-state index in [9.17, 15) is 4.79 Å². The van der Waals surface area contributed by atoms with E-state index in [-0.39, 0.29) is 36.8 Å².